The minimum atomic E-state index is -0.343. The molecule has 104 valence electrons. The summed E-state index contributed by atoms with van der Waals surface area (Å²) in [7, 11) is 1.85. The van der Waals surface area contributed by atoms with E-state index >= 15 is 0 Å². The summed E-state index contributed by atoms with van der Waals surface area (Å²) in [5.74, 6) is 0.268. The smallest absolute Gasteiger partial charge is 0.225 e. The van der Waals surface area contributed by atoms with Gasteiger partial charge in [0.2, 0.25) is 5.91 Å². The van der Waals surface area contributed by atoms with Gasteiger partial charge in [-0.15, -0.1) is 0 Å². The number of aliphatic hydroxyl groups is 1. The van der Waals surface area contributed by atoms with Gasteiger partial charge in [0.15, 0.2) is 0 Å². The van der Waals surface area contributed by atoms with Crippen LogP contribution in [0.15, 0.2) is 0 Å². The molecule has 0 aromatic heterocycles. The van der Waals surface area contributed by atoms with Gasteiger partial charge in [0, 0.05) is 19.0 Å². The third-order valence-corrected chi connectivity index (χ3v) is 4.60. The number of rotatable bonds is 2. The van der Waals surface area contributed by atoms with E-state index in [0.29, 0.717) is 0 Å². The summed E-state index contributed by atoms with van der Waals surface area (Å²) in [6.07, 6.45) is 7.47. The minimum absolute atomic E-state index is 0.0180. The van der Waals surface area contributed by atoms with E-state index in [1.54, 1.807) is 4.90 Å². The predicted molar refractivity (Wildman–Crippen MR) is 71.0 cm³/mol. The average Bonchev–Trinajstić information content (AvgIpc) is 2.37. The van der Waals surface area contributed by atoms with Gasteiger partial charge < -0.3 is 15.7 Å². The molecular formula is C14H26N2O2. The quantitative estimate of drug-likeness (QED) is 0.780. The first-order valence-corrected chi connectivity index (χ1v) is 7.30. The van der Waals surface area contributed by atoms with Crippen molar-refractivity contribution >= 4 is 5.91 Å². The summed E-state index contributed by atoms with van der Waals surface area (Å²) in [6, 6.07) is 0.196. The molecule has 0 aromatic rings. The number of amides is 1. The zero-order chi connectivity index (χ0) is 13.1. The van der Waals surface area contributed by atoms with E-state index in [-0.39, 0.29) is 30.0 Å². The molecule has 2 saturated carbocycles. The number of hydrogen-bond donors (Lipinski definition) is 2. The van der Waals surface area contributed by atoms with Crippen LogP contribution in [0.25, 0.3) is 0 Å². The first kappa shape index (κ1) is 13.8. The van der Waals surface area contributed by atoms with Gasteiger partial charge in [-0.05, 0) is 32.1 Å². The highest BCUT2D eigenvalue weighted by molar-refractivity contribution is 5.79. The summed E-state index contributed by atoms with van der Waals surface area (Å²) >= 11 is 0. The molecule has 0 aliphatic heterocycles. The SMILES string of the molecule is CN(C(=O)C1CCCC(N)C1)C1CCCCC1O. The highest BCUT2D eigenvalue weighted by atomic mass is 16.3. The largest absolute Gasteiger partial charge is 0.391 e. The van der Waals surface area contributed by atoms with Crippen molar-refractivity contribution in [2.75, 3.05) is 7.05 Å². The van der Waals surface area contributed by atoms with E-state index in [1.165, 1.54) is 0 Å². The van der Waals surface area contributed by atoms with Gasteiger partial charge >= 0.3 is 0 Å². The second-order valence-electron chi connectivity index (χ2n) is 5.99. The molecule has 4 atom stereocenters. The topological polar surface area (TPSA) is 66.6 Å². The molecule has 4 unspecified atom stereocenters. The van der Waals surface area contributed by atoms with Crippen LogP contribution >= 0.6 is 0 Å². The highest BCUT2D eigenvalue weighted by Gasteiger charge is 2.34. The summed E-state index contributed by atoms with van der Waals surface area (Å²) in [4.78, 5) is 14.2. The fraction of sp³-hybridized carbons (Fsp3) is 0.929. The Morgan fingerprint density at radius 3 is 2.56 bits per heavy atom. The Bertz CT molecular complexity index is 296. The number of aliphatic hydroxyl groups excluding tert-OH is 1. The third-order valence-electron chi connectivity index (χ3n) is 4.60. The van der Waals surface area contributed by atoms with Crippen LogP contribution in [-0.2, 0) is 4.79 Å². The van der Waals surface area contributed by atoms with Crippen molar-refractivity contribution in [3.63, 3.8) is 0 Å². The van der Waals surface area contributed by atoms with Crippen LogP contribution in [0.2, 0.25) is 0 Å². The molecule has 0 bridgehead atoms. The number of nitrogens with zero attached hydrogens (tertiary/aromatic N) is 1. The van der Waals surface area contributed by atoms with Crippen molar-refractivity contribution < 1.29 is 9.90 Å². The lowest BCUT2D eigenvalue weighted by molar-refractivity contribution is -0.141. The number of nitrogens with two attached hydrogens (primary N) is 1. The third kappa shape index (κ3) is 3.04. The Balaban J connectivity index is 1.94. The Labute approximate surface area is 110 Å². The Kier molecular flexibility index (Phi) is 4.62. The standard InChI is InChI=1S/C14H26N2O2/c1-16(12-7-2-3-8-13(12)17)14(18)10-5-4-6-11(15)9-10/h10-13,17H,2-9,15H2,1H3. The van der Waals surface area contributed by atoms with Gasteiger partial charge in [0.05, 0.1) is 12.1 Å². The van der Waals surface area contributed by atoms with E-state index in [9.17, 15) is 9.90 Å². The van der Waals surface area contributed by atoms with Crippen molar-refractivity contribution in [1.82, 2.24) is 4.90 Å². The van der Waals surface area contributed by atoms with Crippen molar-refractivity contribution in [2.45, 2.75) is 69.6 Å². The molecular weight excluding hydrogens is 228 g/mol. The van der Waals surface area contributed by atoms with Gasteiger partial charge in [-0.1, -0.05) is 19.3 Å². The number of carbonyl (C=O) groups is 1. The Morgan fingerprint density at radius 2 is 1.89 bits per heavy atom. The molecule has 0 radical (unpaired) electrons. The van der Waals surface area contributed by atoms with E-state index in [1.807, 2.05) is 7.05 Å². The molecule has 0 aromatic carbocycles. The summed E-state index contributed by atoms with van der Waals surface area (Å²) in [5.41, 5.74) is 5.95. The number of likely N-dealkylation sites (N-methyl/N-ethyl adjacent to an activating group) is 1. The zero-order valence-corrected chi connectivity index (χ0v) is 11.3. The maximum Gasteiger partial charge on any atom is 0.225 e. The Hall–Kier alpha value is -0.610. The van der Waals surface area contributed by atoms with E-state index in [0.717, 1.165) is 51.4 Å². The fourth-order valence-electron chi connectivity index (χ4n) is 3.45. The lowest BCUT2D eigenvalue weighted by Crippen LogP contribution is -2.49. The first-order chi connectivity index (χ1) is 8.59. The molecule has 1 amide bonds. The number of hydrogen-bond acceptors (Lipinski definition) is 3. The van der Waals surface area contributed by atoms with Crippen molar-refractivity contribution in [3.05, 3.63) is 0 Å². The first-order valence-electron chi connectivity index (χ1n) is 7.30. The maximum absolute atomic E-state index is 12.4. The van der Waals surface area contributed by atoms with Crippen LogP contribution in [0.3, 0.4) is 0 Å². The normalized spacial score (nSPS) is 37.3. The van der Waals surface area contributed by atoms with Crippen LogP contribution in [-0.4, -0.2) is 41.1 Å². The maximum atomic E-state index is 12.4. The summed E-state index contributed by atoms with van der Waals surface area (Å²) < 4.78 is 0. The molecule has 4 heteroatoms. The minimum Gasteiger partial charge on any atom is -0.391 e. The molecule has 0 saturated heterocycles. The van der Waals surface area contributed by atoms with E-state index in [2.05, 4.69) is 0 Å². The molecule has 2 aliphatic rings. The van der Waals surface area contributed by atoms with Crippen LogP contribution in [0, 0.1) is 5.92 Å². The molecule has 2 aliphatic carbocycles. The van der Waals surface area contributed by atoms with Crippen molar-refractivity contribution in [2.24, 2.45) is 11.7 Å². The predicted octanol–water partition coefficient (Wildman–Crippen LogP) is 1.27. The molecule has 0 heterocycles. The molecule has 2 rings (SSSR count). The summed E-state index contributed by atoms with van der Waals surface area (Å²) in [5, 5.41) is 10.0. The second kappa shape index (κ2) is 6.02. The molecule has 4 nitrogen and oxygen atoms in total. The lowest BCUT2D eigenvalue weighted by atomic mass is 9.84. The lowest BCUT2D eigenvalue weighted by Gasteiger charge is -2.38. The van der Waals surface area contributed by atoms with Gasteiger partial charge in [-0.3, -0.25) is 4.79 Å². The molecule has 0 spiro atoms. The van der Waals surface area contributed by atoms with Crippen molar-refractivity contribution in [1.29, 1.82) is 0 Å². The zero-order valence-electron chi connectivity index (χ0n) is 11.3. The van der Waals surface area contributed by atoms with Crippen molar-refractivity contribution in [3.8, 4) is 0 Å². The Morgan fingerprint density at radius 1 is 1.17 bits per heavy atom. The van der Waals surface area contributed by atoms with Crippen LogP contribution in [0.1, 0.15) is 51.4 Å². The van der Waals surface area contributed by atoms with Crippen LogP contribution in [0.4, 0.5) is 0 Å². The van der Waals surface area contributed by atoms with Gasteiger partial charge in [-0.25, -0.2) is 0 Å². The van der Waals surface area contributed by atoms with Gasteiger partial charge in [0.1, 0.15) is 0 Å². The molecule has 2 fully saturated rings. The second-order valence-corrected chi connectivity index (χ2v) is 5.99. The fourth-order valence-corrected chi connectivity index (χ4v) is 3.45. The monoisotopic (exact) mass is 254 g/mol. The average molecular weight is 254 g/mol. The van der Waals surface area contributed by atoms with Gasteiger partial charge in [-0.2, -0.15) is 0 Å². The molecule has 18 heavy (non-hydrogen) atoms. The van der Waals surface area contributed by atoms with E-state index < -0.39 is 0 Å². The summed E-state index contributed by atoms with van der Waals surface area (Å²) in [6.45, 7) is 0. The van der Waals surface area contributed by atoms with Crippen LogP contribution in [0.5, 0.6) is 0 Å². The highest BCUT2D eigenvalue weighted by Crippen LogP contribution is 2.28. The molecule has 3 N–H and O–H groups in total. The van der Waals surface area contributed by atoms with Crippen LogP contribution < -0.4 is 5.73 Å². The van der Waals surface area contributed by atoms with Gasteiger partial charge in [0.25, 0.3) is 0 Å². The number of carbonyl (C=O) groups excluding carboxylic acids is 1. The van der Waals surface area contributed by atoms with E-state index in [4.69, 9.17) is 5.73 Å².